The van der Waals surface area contributed by atoms with E-state index in [4.69, 9.17) is 11.5 Å². The van der Waals surface area contributed by atoms with E-state index >= 15 is 0 Å². The molecule has 110 valence electrons. The van der Waals surface area contributed by atoms with E-state index in [0.717, 1.165) is 31.5 Å². The van der Waals surface area contributed by atoms with Gasteiger partial charge in [0.25, 0.3) is 0 Å². The molecule has 0 spiro atoms. The van der Waals surface area contributed by atoms with Gasteiger partial charge in [0.1, 0.15) is 5.82 Å². The Balaban J connectivity index is 1.96. The van der Waals surface area contributed by atoms with Crippen LogP contribution < -0.4 is 16.4 Å². The van der Waals surface area contributed by atoms with Gasteiger partial charge < -0.3 is 16.4 Å². The Labute approximate surface area is 118 Å². The van der Waals surface area contributed by atoms with E-state index in [9.17, 15) is 9.18 Å². The van der Waals surface area contributed by atoms with Gasteiger partial charge in [-0.15, -0.1) is 0 Å². The molecule has 2 unspecified atom stereocenters. The Morgan fingerprint density at radius 1 is 1.55 bits per heavy atom. The van der Waals surface area contributed by atoms with Crippen LogP contribution in [0.25, 0.3) is 0 Å². The zero-order valence-corrected chi connectivity index (χ0v) is 11.8. The highest BCUT2D eigenvalue weighted by molar-refractivity contribution is 5.85. The zero-order chi connectivity index (χ0) is 14.8. The van der Waals surface area contributed by atoms with E-state index in [1.165, 1.54) is 12.1 Å². The fourth-order valence-electron chi connectivity index (χ4n) is 3.02. The molecule has 0 aliphatic heterocycles. The van der Waals surface area contributed by atoms with Crippen molar-refractivity contribution >= 4 is 11.6 Å². The minimum absolute atomic E-state index is 0.107. The number of carbonyl (C=O) groups is 1. The number of primary amides is 1. The molecule has 1 amide bonds. The van der Waals surface area contributed by atoms with E-state index in [-0.39, 0.29) is 11.7 Å². The molecular formula is C15H22FN3O. The number of carbonyl (C=O) groups excluding carboxylic acids is 1. The highest BCUT2D eigenvalue weighted by Gasteiger charge is 2.43. The van der Waals surface area contributed by atoms with Gasteiger partial charge in [-0.3, -0.25) is 4.79 Å². The molecule has 0 aromatic heterocycles. The van der Waals surface area contributed by atoms with Gasteiger partial charge in [-0.2, -0.15) is 0 Å². The van der Waals surface area contributed by atoms with Crippen LogP contribution in [0.15, 0.2) is 24.3 Å². The molecule has 1 aromatic rings. The summed E-state index contributed by atoms with van der Waals surface area (Å²) in [5, 5.41) is 0. The van der Waals surface area contributed by atoms with Crippen molar-refractivity contribution in [2.45, 2.75) is 31.2 Å². The lowest BCUT2D eigenvalue weighted by Gasteiger charge is -2.30. The van der Waals surface area contributed by atoms with Crippen molar-refractivity contribution in [3.05, 3.63) is 30.1 Å². The van der Waals surface area contributed by atoms with Gasteiger partial charge in [-0.05, 0) is 43.4 Å². The highest BCUT2D eigenvalue weighted by atomic mass is 19.1. The monoisotopic (exact) mass is 279 g/mol. The molecule has 1 fully saturated rings. The Morgan fingerprint density at radius 2 is 2.30 bits per heavy atom. The van der Waals surface area contributed by atoms with Crippen molar-refractivity contribution in [3.63, 3.8) is 0 Å². The fourth-order valence-corrected chi connectivity index (χ4v) is 3.02. The van der Waals surface area contributed by atoms with Crippen LogP contribution >= 0.6 is 0 Å². The van der Waals surface area contributed by atoms with Crippen molar-refractivity contribution in [1.82, 2.24) is 0 Å². The number of benzene rings is 1. The first-order chi connectivity index (χ1) is 9.43. The number of halogens is 1. The maximum absolute atomic E-state index is 13.2. The summed E-state index contributed by atoms with van der Waals surface area (Å²) in [4.78, 5) is 13.5. The van der Waals surface area contributed by atoms with E-state index < -0.39 is 11.4 Å². The van der Waals surface area contributed by atoms with Crippen LogP contribution in [0.3, 0.4) is 0 Å². The number of amides is 1. The van der Waals surface area contributed by atoms with Crippen LogP contribution in [0.5, 0.6) is 0 Å². The van der Waals surface area contributed by atoms with Crippen LogP contribution in [-0.4, -0.2) is 25.0 Å². The number of rotatable bonds is 5. The summed E-state index contributed by atoms with van der Waals surface area (Å²) in [6, 6.07) is 6.47. The third-order valence-corrected chi connectivity index (χ3v) is 4.39. The van der Waals surface area contributed by atoms with Crippen molar-refractivity contribution in [2.75, 3.05) is 18.5 Å². The molecule has 20 heavy (non-hydrogen) atoms. The Hall–Kier alpha value is -1.62. The van der Waals surface area contributed by atoms with Crippen LogP contribution in [0.1, 0.15) is 25.7 Å². The van der Waals surface area contributed by atoms with E-state index in [0.29, 0.717) is 6.42 Å². The lowest BCUT2D eigenvalue weighted by atomic mass is 9.85. The lowest BCUT2D eigenvalue weighted by Crippen LogP contribution is -2.55. The molecule has 0 heterocycles. The molecule has 0 bridgehead atoms. The summed E-state index contributed by atoms with van der Waals surface area (Å²) in [6.07, 6.45) is 3.31. The minimum Gasteiger partial charge on any atom is -0.375 e. The molecule has 2 rings (SSSR count). The zero-order valence-electron chi connectivity index (χ0n) is 11.8. The van der Waals surface area contributed by atoms with Crippen molar-refractivity contribution in [1.29, 1.82) is 0 Å². The van der Waals surface area contributed by atoms with Crippen LogP contribution in [0, 0.1) is 11.7 Å². The van der Waals surface area contributed by atoms with E-state index in [2.05, 4.69) is 0 Å². The molecule has 1 saturated carbocycles. The van der Waals surface area contributed by atoms with Gasteiger partial charge in [0.15, 0.2) is 0 Å². The molecule has 2 atom stereocenters. The molecule has 0 radical (unpaired) electrons. The van der Waals surface area contributed by atoms with Crippen LogP contribution in [-0.2, 0) is 4.79 Å². The minimum atomic E-state index is -0.872. The van der Waals surface area contributed by atoms with Gasteiger partial charge in [0.05, 0.1) is 5.54 Å². The van der Waals surface area contributed by atoms with Crippen LogP contribution in [0.2, 0.25) is 0 Å². The number of anilines is 1. The Kier molecular flexibility index (Phi) is 4.28. The number of nitrogens with two attached hydrogens (primary N) is 2. The van der Waals surface area contributed by atoms with Gasteiger partial charge in [-0.25, -0.2) is 4.39 Å². The first-order valence-corrected chi connectivity index (χ1v) is 6.99. The van der Waals surface area contributed by atoms with E-state index in [1.54, 1.807) is 6.07 Å². The van der Waals surface area contributed by atoms with E-state index in [1.807, 2.05) is 18.0 Å². The average Bonchev–Trinajstić information content (AvgIpc) is 2.79. The molecule has 0 saturated heterocycles. The van der Waals surface area contributed by atoms with Crippen LogP contribution in [0.4, 0.5) is 10.1 Å². The summed E-state index contributed by atoms with van der Waals surface area (Å²) in [6.45, 7) is 0.723. The largest absolute Gasteiger partial charge is 0.375 e. The maximum atomic E-state index is 13.2. The number of hydrogen-bond donors (Lipinski definition) is 2. The quantitative estimate of drug-likeness (QED) is 0.860. The second-order valence-electron chi connectivity index (χ2n) is 5.68. The molecule has 1 aliphatic rings. The summed E-state index contributed by atoms with van der Waals surface area (Å²) < 4.78 is 13.2. The SMILES string of the molecule is CN(CCC1CCCC1(N)C(N)=O)c1cccc(F)c1. The van der Waals surface area contributed by atoms with Crippen molar-refractivity contribution in [3.8, 4) is 0 Å². The number of nitrogens with zero attached hydrogens (tertiary/aromatic N) is 1. The predicted molar refractivity (Wildman–Crippen MR) is 77.7 cm³/mol. The topological polar surface area (TPSA) is 72.3 Å². The Bertz CT molecular complexity index is 494. The highest BCUT2D eigenvalue weighted by Crippen LogP contribution is 2.36. The Morgan fingerprint density at radius 3 is 2.95 bits per heavy atom. The first kappa shape index (κ1) is 14.8. The van der Waals surface area contributed by atoms with Gasteiger partial charge >= 0.3 is 0 Å². The summed E-state index contributed by atoms with van der Waals surface area (Å²) in [7, 11) is 1.91. The molecule has 5 heteroatoms. The molecule has 1 aromatic carbocycles. The first-order valence-electron chi connectivity index (χ1n) is 6.99. The van der Waals surface area contributed by atoms with Crippen molar-refractivity contribution < 1.29 is 9.18 Å². The third-order valence-electron chi connectivity index (χ3n) is 4.39. The molecular weight excluding hydrogens is 257 g/mol. The summed E-state index contributed by atoms with van der Waals surface area (Å²) in [5.74, 6) is -0.551. The second-order valence-corrected chi connectivity index (χ2v) is 5.68. The van der Waals surface area contributed by atoms with Gasteiger partial charge in [-0.1, -0.05) is 12.5 Å². The molecule has 4 N–H and O–H groups in total. The fraction of sp³-hybridized carbons (Fsp3) is 0.533. The third kappa shape index (κ3) is 2.93. The summed E-state index contributed by atoms with van der Waals surface area (Å²) >= 11 is 0. The second kappa shape index (κ2) is 5.79. The predicted octanol–water partition coefficient (Wildman–Crippen LogP) is 1.63. The van der Waals surface area contributed by atoms with Gasteiger partial charge in [0, 0.05) is 19.3 Å². The smallest absolute Gasteiger partial charge is 0.237 e. The standard InChI is InChI=1S/C15H22FN3O/c1-19(13-6-2-5-12(16)10-13)9-7-11-4-3-8-15(11,18)14(17)20/h2,5-6,10-11H,3-4,7-9,18H2,1H3,(H2,17,20). The van der Waals surface area contributed by atoms with Gasteiger partial charge in [0.2, 0.25) is 5.91 Å². The average molecular weight is 279 g/mol. The number of hydrogen-bond acceptors (Lipinski definition) is 3. The molecule has 1 aliphatic carbocycles. The maximum Gasteiger partial charge on any atom is 0.237 e. The molecule has 4 nitrogen and oxygen atoms in total. The lowest BCUT2D eigenvalue weighted by molar-refractivity contribution is -0.124. The normalized spacial score (nSPS) is 25.6. The van der Waals surface area contributed by atoms with Crippen molar-refractivity contribution in [2.24, 2.45) is 17.4 Å². The summed E-state index contributed by atoms with van der Waals surface area (Å²) in [5.41, 5.74) is 11.5.